The Kier molecular flexibility index (Phi) is 5.51. The highest BCUT2D eigenvalue weighted by Crippen LogP contribution is 2.32. The Balaban J connectivity index is 1.39. The van der Waals surface area contributed by atoms with E-state index in [2.05, 4.69) is 22.3 Å². The average Bonchev–Trinajstić information content (AvgIpc) is 3.39. The van der Waals surface area contributed by atoms with Crippen molar-refractivity contribution >= 4 is 5.91 Å². The summed E-state index contributed by atoms with van der Waals surface area (Å²) in [5, 5.41) is 4.13. The van der Waals surface area contributed by atoms with E-state index in [4.69, 9.17) is 4.52 Å². The molecule has 2 heterocycles. The van der Waals surface area contributed by atoms with Gasteiger partial charge in [0, 0.05) is 18.5 Å². The molecule has 1 fully saturated rings. The summed E-state index contributed by atoms with van der Waals surface area (Å²) in [6.45, 7) is 2.81. The molecule has 0 saturated carbocycles. The fourth-order valence-corrected chi connectivity index (χ4v) is 3.74. The molecule has 1 amide bonds. The summed E-state index contributed by atoms with van der Waals surface area (Å²) >= 11 is 0. The van der Waals surface area contributed by atoms with E-state index >= 15 is 0 Å². The first kappa shape index (κ1) is 18.4. The van der Waals surface area contributed by atoms with E-state index in [1.165, 1.54) is 11.1 Å². The van der Waals surface area contributed by atoms with Gasteiger partial charge in [-0.25, -0.2) is 0 Å². The minimum Gasteiger partial charge on any atom is -0.337 e. The highest BCUT2D eigenvalue weighted by Gasteiger charge is 2.33. The maximum absolute atomic E-state index is 12.8. The highest BCUT2D eigenvalue weighted by molar-refractivity contribution is 5.77. The highest BCUT2D eigenvalue weighted by atomic mass is 16.5. The van der Waals surface area contributed by atoms with Gasteiger partial charge in [0.15, 0.2) is 0 Å². The zero-order valence-corrected chi connectivity index (χ0v) is 16.2. The molecule has 1 aliphatic heterocycles. The van der Waals surface area contributed by atoms with Crippen LogP contribution in [0, 0.1) is 6.92 Å². The first-order valence-electron chi connectivity index (χ1n) is 9.95. The molecule has 1 aliphatic rings. The molecule has 0 spiro atoms. The maximum atomic E-state index is 12.8. The van der Waals surface area contributed by atoms with Gasteiger partial charge in [-0.2, -0.15) is 4.98 Å². The monoisotopic (exact) mass is 375 g/mol. The summed E-state index contributed by atoms with van der Waals surface area (Å²) in [5.41, 5.74) is 3.39. The molecule has 0 radical (unpaired) electrons. The van der Waals surface area contributed by atoms with Crippen molar-refractivity contribution in [3.05, 3.63) is 71.6 Å². The molecule has 144 valence electrons. The first-order valence-corrected chi connectivity index (χ1v) is 9.95. The van der Waals surface area contributed by atoms with Crippen molar-refractivity contribution in [2.45, 2.75) is 45.1 Å². The van der Waals surface area contributed by atoms with E-state index in [0.717, 1.165) is 37.8 Å². The van der Waals surface area contributed by atoms with Gasteiger partial charge >= 0.3 is 0 Å². The van der Waals surface area contributed by atoms with Crippen molar-refractivity contribution in [3.63, 3.8) is 0 Å². The molecule has 1 atom stereocenters. The predicted octanol–water partition coefficient (Wildman–Crippen LogP) is 4.73. The third-order valence-electron chi connectivity index (χ3n) is 5.31. The quantitative estimate of drug-likeness (QED) is 0.625. The Bertz CT molecular complexity index is 919. The van der Waals surface area contributed by atoms with Crippen LogP contribution in [-0.2, 0) is 11.2 Å². The van der Waals surface area contributed by atoms with Gasteiger partial charge in [0.2, 0.25) is 17.6 Å². The van der Waals surface area contributed by atoms with Gasteiger partial charge in [-0.3, -0.25) is 4.79 Å². The average molecular weight is 375 g/mol. The van der Waals surface area contributed by atoms with Crippen LogP contribution in [0.5, 0.6) is 0 Å². The summed E-state index contributed by atoms with van der Waals surface area (Å²) in [7, 11) is 0. The number of likely N-dealkylation sites (tertiary alicyclic amines) is 1. The van der Waals surface area contributed by atoms with Crippen molar-refractivity contribution in [2.75, 3.05) is 6.54 Å². The summed E-state index contributed by atoms with van der Waals surface area (Å²) in [6.07, 6.45) is 4.16. The fraction of sp³-hybridized carbons (Fsp3) is 0.348. The Labute approximate surface area is 165 Å². The van der Waals surface area contributed by atoms with Gasteiger partial charge in [-0.15, -0.1) is 0 Å². The van der Waals surface area contributed by atoms with E-state index in [1.807, 2.05) is 54.3 Å². The molecule has 28 heavy (non-hydrogen) atoms. The first-order chi connectivity index (χ1) is 13.7. The number of carbonyl (C=O) groups is 1. The van der Waals surface area contributed by atoms with E-state index in [9.17, 15) is 4.79 Å². The lowest BCUT2D eigenvalue weighted by molar-refractivity contribution is -0.132. The van der Waals surface area contributed by atoms with Gasteiger partial charge in [-0.1, -0.05) is 65.3 Å². The molecule has 4 rings (SSSR count). The molecule has 2 aromatic carbocycles. The molecule has 5 nitrogen and oxygen atoms in total. The normalized spacial score (nSPS) is 16.5. The summed E-state index contributed by atoms with van der Waals surface area (Å²) in [5.74, 6) is 1.30. The van der Waals surface area contributed by atoms with Crippen molar-refractivity contribution in [1.82, 2.24) is 15.0 Å². The molecule has 0 aliphatic carbocycles. The van der Waals surface area contributed by atoms with Crippen LogP contribution in [0.15, 0.2) is 59.1 Å². The number of amides is 1. The van der Waals surface area contributed by atoms with Crippen molar-refractivity contribution in [3.8, 4) is 11.4 Å². The van der Waals surface area contributed by atoms with E-state index in [-0.39, 0.29) is 11.9 Å². The number of aryl methyl sites for hydroxylation is 2. The van der Waals surface area contributed by atoms with Crippen LogP contribution < -0.4 is 0 Å². The summed E-state index contributed by atoms with van der Waals surface area (Å²) in [6, 6.07) is 18.2. The topological polar surface area (TPSA) is 59.2 Å². The van der Waals surface area contributed by atoms with Crippen LogP contribution in [0.3, 0.4) is 0 Å². The van der Waals surface area contributed by atoms with Gasteiger partial charge in [0.05, 0.1) is 0 Å². The molecule has 1 aromatic heterocycles. The van der Waals surface area contributed by atoms with Crippen LogP contribution >= 0.6 is 0 Å². The summed E-state index contributed by atoms with van der Waals surface area (Å²) in [4.78, 5) is 19.3. The lowest BCUT2D eigenvalue weighted by atomic mass is 10.1. The Morgan fingerprint density at radius 2 is 1.93 bits per heavy atom. The minimum atomic E-state index is -0.101. The van der Waals surface area contributed by atoms with Crippen molar-refractivity contribution in [1.29, 1.82) is 0 Å². The largest absolute Gasteiger partial charge is 0.337 e. The van der Waals surface area contributed by atoms with Gasteiger partial charge in [0.25, 0.3) is 0 Å². The Morgan fingerprint density at radius 1 is 1.14 bits per heavy atom. The van der Waals surface area contributed by atoms with Crippen LogP contribution in [-0.4, -0.2) is 27.5 Å². The van der Waals surface area contributed by atoms with Crippen molar-refractivity contribution in [2.24, 2.45) is 0 Å². The standard InChI is InChI=1S/C23H25N3O2/c1-17-12-14-19(15-13-17)22-24-23(28-25-22)20-10-6-16-26(20)21(27)11-5-9-18-7-3-2-4-8-18/h2-4,7-8,12-15,20H,5-6,9-11,16H2,1H3. The van der Waals surface area contributed by atoms with E-state index in [1.54, 1.807) is 0 Å². The van der Waals surface area contributed by atoms with Crippen LogP contribution in [0.1, 0.15) is 48.7 Å². The van der Waals surface area contributed by atoms with E-state index < -0.39 is 0 Å². The third-order valence-corrected chi connectivity index (χ3v) is 5.31. The smallest absolute Gasteiger partial charge is 0.249 e. The number of benzene rings is 2. The zero-order valence-electron chi connectivity index (χ0n) is 16.2. The second-order valence-corrected chi connectivity index (χ2v) is 7.41. The van der Waals surface area contributed by atoms with Crippen LogP contribution in [0.4, 0.5) is 0 Å². The number of rotatable bonds is 6. The van der Waals surface area contributed by atoms with Gasteiger partial charge in [0.1, 0.15) is 6.04 Å². The molecule has 5 heteroatoms. The van der Waals surface area contributed by atoms with Gasteiger partial charge in [-0.05, 0) is 38.2 Å². The fourth-order valence-electron chi connectivity index (χ4n) is 3.74. The molecule has 1 saturated heterocycles. The Hall–Kier alpha value is -2.95. The molecule has 3 aromatic rings. The van der Waals surface area contributed by atoms with Gasteiger partial charge < -0.3 is 9.42 Å². The second kappa shape index (κ2) is 8.38. The zero-order chi connectivity index (χ0) is 19.3. The minimum absolute atomic E-state index is 0.101. The number of aromatic nitrogens is 2. The third kappa shape index (κ3) is 4.14. The lowest BCUT2D eigenvalue weighted by Crippen LogP contribution is -2.30. The number of carbonyl (C=O) groups excluding carboxylic acids is 1. The SMILES string of the molecule is Cc1ccc(-c2noc(C3CCCN3C(=O)CCCc3ccccc3)n2)cc1. The predicted molar refractivity (Wildman–Crippen MR) is 108 cm³/mol. The van der Waals surface area contributed by atoms with Crippen LogP contribution in [0.25, 0.3) is 11.4 Å². The number of hydrogen-bond donors (Lipinski definition) is 0. The summed E-state index contributed by atoms with van der Waals surface area (Å²) < 4.78 is 5.53. The van der Waals surface area contributed by atoms with Crippen LogP contribution in [0.2, 0.25) is 0 Å². The molecule has 0 bridgehead atoms. The molecule has 1 unspecified atom stereocenters. The van der Waals surface area contributed by atoms with Crippen molar-refractivity contribution < 1.29 is 9.32 Å². The number of hydrogen-bond acceptors (Lipinski definition) is 4. The Morgan fingerprint density at radius 3 is 2.71 bits per heavy atom. The number of nitrogens with zero attached hydrogens (tertiary/aromatic N) is 3. The lowest BCUT2D eigenvalue weighted by Gasteiger charge is -2.21. The molecular formula is C23H25N3O2. The maximum Gasteiger partial charge on any atom is 0.249 e. The second-order valence-electron chi connectivity index (χ2n) is 7.41. The molecule has 0 N–H and O–H groups in total. The molecular weight excluding hydrogens is 350 g/mol. The van der Waals surface area contributed by atoms with E-state index in [0.29, 0.717) is 18.1 Å².